The minimum absolute atomic E-state index is 0.0184. The molecule has 4 N–H and O–H groups in total. The summed E-state index contributed by atoms with van der Waals surface area (Å²) >= 11 is 7.91. The van der Waals surface area contributed by atoms with Gasteiger partial charge in [-0.2, -0.15) is 5.26 Å². The maximum atomic E-state index is 14.3. The lowest BCUT2D eigenvalue weighted by Gasteiger charge is -2.64. The second kappa shape index (κ2) is 22.3. The Balaban J connectivity index is 0.852. The van der Waals surface area contributed by atoms with Crippen molar-refractivity contribution in [2.75, 3.05) is 52.9 Å². The number of nitriles is 1. The molecule has 3 aromatic carbocycles. The van der Waals surface area contributed by atoms with Crippen molar-refractivity contribution in [3.63, 3.8) is 0 Å². The third kappa shape index (κ3) is 12.2. The number of aryl methyl sites for hydroxylation is 2. The molecule has 0 radical (unpaired) electrons. The highest BCUT2D eigenvalue weighted by Crippen LogP contribution is 2.56. The smallest absolute Gasteiger partial charge is 0.246 e. The first-order valence-electron chi connectivity index (χ1n) is 25.3. The fourth-order valence-electron chi connectivity index (χ4n) is 11.2. The Labute approximate surface area is 435 Å². The number of methoxy groups -OCH3 is 1. The van der Waals surface area contributed by atoms with Crippen molar-refractivity contribution in [1.29, 1.82) is 5.26 Å². The van der Waals surface area contributed by atoms with Crippen LogP contribution < -0.4 is 20.7 Å². The number of aliphatic hydroxyl groups excluding tert-OH is 1. The van der Waals surface area contributed by atoms with Gasteiger partial charge >= 0.3 is 0 Å². The molecule has 2 aliphatic heterocycles. The lowest BCUT2D eigenvalue weighted by molar-refractivity contribution is -0.196. The molecule has 16 heteroatoms. The topological polar surface area (TPSA) is 172 Å². The van der Waals surface area contributed by atoms with Gasteiger partial charge in [-0.3, -0.25) is 24.6 Å². The molecule has 3 aliphatic rings. The van der Waals surface area contributed by atoms with Crippen molar-refractivity contribution in [3.8, 4) is 22.3 Å². The summed E-state index contributed by atoms with van der Waals surface area (Å²) in [5, 5.41) is 30.4. The van der Waals surface area contributed by atoms with Crippen LogP contribution in [0, 0.1) is 34.5 Å². The number of ether oxygens (including phenoxy) is 2. The summed E-state index contributed by atoms with van der Waals surface area (Å²) in [4.78, 5) is 53.1. The molecule has 4 aromatic rings. The van der Waals surface area contributed by atoms with Crippen LogP contribution in [0.25, 0.3) is 10.4 Å². The van der Waals surface area contributed by atoms with E-state index in [2.05, 4.69) is 95.7 Å². The van der Waals surface area contributed by atoms with Gasteiger partial charge in [0.05, 0.1) is 45.4 Å². The maximum absolute atomic E-state index is 14.3. The molecule has 3 fully saturated rings. The van der Waals surface area contributed by atoms with E-state index in [0.717, 1.165) is 72.8 Å². The first-order valence-corrected chi connectivity index (χ1v) is 26.5. The highest BCUT2D eigenvalue weighted by atomic mass is 35.5. The lowest BCUT2D eigenvalue weighted by Crippen LogP contribution is -2.76. The van der Waals surface area contributed by atoms with Crippen LogP contribution in [-0.2, 0) is 31.3 Å². The Morgan fingerprint density at radius 1 is 0.958 bits per heavy atom. The van der Waals surface area contributed by atoms with Crippen LogP contribution in [0.1, 0.15) is 109 Å². The Kier molecular flexibility index (Phi) is 17.0. The van der Waals surface area contributed by atoms with Gasteiger partial charge in [-0.1, -0.05) is 109 Å². The molecule has 5 atom stereocenters. The van der Waals surface area contributed by atoms with Gasteiger partial charge in [0.15, 0.2) is 0 Å². The molecule has 1 unspecified atom stereocenters. The van der Waals surface area contributed by atoms with E-state index in [-0.39, 0.29) is 66.2 Å². The molecule has 1 aromatic heterocycles. The van der Waals surface area contributed by atoms with E-state index >= 15 is 0 Å². The average molecular weight is 1020 g/mol. The summed E-state index contributed by atoms with van der Waals surface area (Å²) in [5.41, 5.74) is 5.60. The SMILES string of the molecule is COC(C)(N[C@H]1C(C)(C)[C@H](Oc2ccc(C#N)c(Cl)c2)C1(C)C)c1ccc(CCCN2CCN(CC(=O)N[C@H](C(=O)N3C[C@H](O)C[C@H]3C(=O)N[C@@H](C)c3ccc(-c4scnc4C)cc3)C(C)(C)C)CC2)cc1. The number of nitrogens with one attached hydrogen (secondary N) is 3. The summed E-state index contributed by atoms with van der Waals surface area (Å²) in [6, 6.07) is 22.0. The van der Waals surface area contributed by atoms with Gasteiger partial charge in [-0.05, 0) is 80.0 Å². The van der Waals surface area contributed by atoms with E-state index in [4.69, 9.17) is 21.1 Å². The van der Waals surface area contributed by atoms with Gasteiger partial charge in [-0.15, -0.1) is 11.3 Å². The molecule has 1 aliphatic carbocycles. The standard InChI is InChI=1S/C56H75ClN8O6S/c1-35(38-16-18-39(19-17-38)47-36(2)59-34-72-47)60-49(68)45-29-42(66)32-65(45)50(69)48(53(3,4)5)61-46(67)33-64-27-25-63(26-28-64)24-12-13-37-14-21-41(22-15-37)56(10,70-11)62-51-54(6,7)52(55(51,8)9)71-43-23-20-40(31-58)44(57)30-43/h14-23,30,34-35,42,45,48,51-52,62,66H,12-13,24-29,32-33H2,1-11H3,(H,60,68)(H,61,67)/t35-,42+,45-,48+,51-,52-,56?/m0/s1. The minimum Gasteiger partial charge on any atom is -0.489 e. The molecule has 7 rings (SSSR count). The monoisotopic (exact) mass is 1020 g/mol. The number of amides is 3. The Morgan fingerprint density at radius 3 is 2.19 bits per heavy atom. The van der Waals surface area contributed by atoms with Crippen LogP contribution >= 0.6 is 22.9 Å². The van der Waals surface area contributed by atoms with Crippen molar-refractivity contribution < 1.29 is 29.0 Å². The molecular formula is C56H75ClN8O6S. The number of likely N-dealkylation sites (tertiary alicyclic amines) is 1. The van der Waals surface area contributed by atoms with Crippen molar-refractivity contribution in [1.82, 2.24) is 35.6 Å². The Morgan fingerprint density at radius 2 is 1.61 bits per heavy atom. The van der Waals surface area contributed by atoms with E-state index in [9.17, 15) is 24.8 Å². The Bertz CT molecular complexity index is 2570. The predicted octanol–water partition coefficient (Wildman–Crippen LogP) is 7.85. The number of nitrogens with zero attached hydrogens (tertiary/aromatic N) is 5. The number of halogens is 1. The number of thiazole rings is 1. The molecule has 14 nitrogen and oxygen atoms in total. The van der Waals surface area contributed by atoms with Crippen LogP contribution in [0.3, 0.4) is 0 Å². The van der Waals surface area contributed by atoms with E-state index in [1.54, 1.807) is 36.6 Å². The van der Waals surface area contributed by atoms with Gasteiger partial charge in [0.25, 0.3) is 0 Å². The third-order valence-corrected chi connectivity index (χ3v) is 16.6. The number of hydrogen-bond acceptors (Lipinski definition) is 12. The number of aromatic nitrogens is 1. The summed E-state index contributed by atoms with van der Waals surface area (Å²) in [6.07, 6.45) is 1.09. The van der Waals surface area contributed by atoms with Crippen molar-refractivity contribution in [2.24, 2.45) is 16.2 Å². The highest BCUT2D eigenvalue weighted by molar-refractivity contribution is 7.13. The van der Waals surface area contributed by atoms with E-state index < -0.39 is 29.3 Å². The normalized spacial score (nSPS) is 22.8. The zero-order valence-corrected chi connectivity index (χ0v) is 45.5. The summed E-state index contributed by atoms with van der Waals surface area (Å²) < 4.78 is 12.7. The van der Waals surface area contributed by atoms with Gasteiger partial charge in [-0.25, -0.2) is 4.98 Å². The zero-order valence-electron chi connectivity index (χ0n) is 44.0. The van der Waals surface area contributed by atoms with Gasteiger partial charge < -0.3 is 35.0 Å². The van der Waals surface area contributed by atoms with Crippen molar-refractivity contribution in [3.05, 3.63) is 105 Å². The molecule has 2 saturated heterocycles. The van der Waals surface area contributed by atoms with Crippen molar-refractivity contribution in [2.45, 2.75) is 131 Å². The number of rotatable bonds is 18. The number of piperazine rings is 1. The molecule has 388 valence electrons. The zero-order chi connectivity index (χ0) is 52.3. The summed E-state index contributed by atoms with van der Waals surface area (Å²) in [7, 11) is 1.73. The van der Waals surface area contributed by atoms with E-state index in [1.807, 2.05) is 64.4 Å². The molecule has 3 amide bonds. The van der Waals surface area contributed by atoms with Gasteiger partial charge in [0.2, 0.25) is 17.7 Å². The quantitative estimate of drug-likeness (QED) is 0.0716. The first kappa shape index (κ1) is 54.8. The second-order valence-electron chi connectivity index (χ2n) is 22.5. The molecule has 1 saturated carbocycles. The van der Waals surface area contributed by atoms with E-state index in [1.165, 1.54) is 10.5 Å². The summed E-state index contributed by atoms with van der Waals surface area (Å²) in [6.45, 7) is 24.7. The molecular weight excluding hydrogens is 948 g/mol. The fourth-order valence-corrected chi connectivity index (χ4v) is 12.2. The molecule has 0 bridgehead atoms. The number of carbonyl (C=O) groups excluding carboxylic acids is 3. The fraction of sp³-hybridized carbons (Fsp3) is 0.554. The average Bonchev–Trinajstić information content (AvgIpc) is 3.96. The van der Waals surface area contributed by atoms with Crippen LogP contribution in [0.4, 0.5) is 0 Å². The largest absolute Gasteiger partial charge is 0.489 e. The van der Waals surface area contributed by atoms with Crippen LogP contribution in [0.15, 0.2) is 72.2 Å². The summed E-state index contributed by atoms with van der Waals surface area (Å²) in [5.74, 6) is -0.306. The molecule has 0 spiro atoms. The van der Waals surface area contributed by atoms with Crippen LogP contribution in [-0.4, -0.2) is 126 Å². The number of hydrogen-bond donors (Lipinski definition) is 4. The number of aliphatic hydroxyl groups is 1. The van der Waals surface area contributed by atoms with E-state index in [0.29, 0.717) is 16.3 Å². The number of benzene rings is 3. The van der Waals surface area contributed by atoms with Crippen LogP contribution in [0.5, 0.6) is 5.75 Å². The van der Waals surface area contributed by atoms with Crippen molar-refractivity contribution >= 4 is 40.7 Å². The van der Waals surface area contributed by atoms with Gasteiger partial charge in [0.1, 0.15) is 35.7 Å². The predicted molar refractivity (Wildman–Crippen MR) is 283 cm³/mol. The third-order valence-electron chi connectivity index (χ3n) is 15.3. The highest BCUT2D eigenvalue weighted by Gasteiger charge is 2.64. The minimum atomic E-state index is -0.890. The maximum Gasteiger partial charge on any atom is 0.246 e. The molecule has 3 heterocycles. The number of β-amino-alcohol motifs (C(OH)–C–C–N with tert-alkyl or cyclic N) is 1. The van der Waals surface area contributed by atoms with Gasteiger partial charge in [0, 0.05) is 69.2 Å². The lowest BCUT2D eigenvalue weighted by atomic mass is 9.49. The first-order chi connectivity index (χ1) is 33.9. The second-order valence-corrected chi connectivity index (χ2v) is 23.8. The van der Waals surface area contributed by atoms with Crippen LogP contribution in [0.2, 0.25) is 5.02 Å². The number of carbonyl (C=O) groups is 3. The molecule has 72 heavy (non-hydrogen) atoms. The Hall–Kier alpha value is -4.92.